The fourth-order valence-corrected chi connectivity index (χ4v) is 3.20. The van der Waals surface area contributed by atoms with Crippen LogP contribution in [0.3, 0.4) is 0 Å². The van der Waals surface area contributed by atoms with Gasteiger partial charge >= 0.3 is 5.97 Å². The van der Waals surface area contributed by atoms with Crippen molar-refractivity contribution >= 4 is 39.6 Å². The van der Waals surface area contributed by atoms with Gasteiger partial charge in [-0.05, 0) is 54.4 Å². The Balaban J connectivity index is 2.70. The average molecular weight is 374 g/mol. The summed E-state index contributed by atoms with van der Waals surface area (Å²) in [6.07, 6.45) is 1.97. The summed E-state index contributed by atoms with van der Waals surface area (Å²) < 4.78 is 0.535. The Kier molecular flexibility index (Phi) is 7.25. The summed E-state index contributed by atoms with van der Waals surface area (Å²) in [5.41, 5.74) is 0.201. The monoisotopic (exact) mass is 373 g/mol. The van der Waals surface area contributed by atoms with E-state index >= 15 is 0 Å². The third-order valence-electron chi connectivity index (χ3n) is 2.96. The van der Waals surface area contributed by atoms with E-state index in [0.717, 1.165) is 17.7 Å². The molecule has 0 fully saturated rings. The lowest BCUT2D eigenvalue weighted by Crippen LogP contribution is -2.37. The first-order valence-corrected chi connectivity index (χ1v) is 8.52. The molecule has 0 saturated heterocycles. The molecule has 2 N–H and O–H groups in total. The third-order valence-corrected chi connectivity index (χ3v) is 4.75. The molecule has 1 aromatic rings. The summed E-state index contributed by atoms with van der Waals surface area (Å²) in [5.74, 6) is -1.02. The predicted molar refractivity (Wildman–Crippen MR) is 88.9 cm³/mol. The van der Waals surface area contributed by atoms with E-state index in [-0.39, 0.29) is 22.8 Å². The van der Waals surface area contributed by atoms with Crippen molar-refractivity contribution < 1.29 is 14.7 Å². The number of nitrogens with one attached hydrogen (secondary N) is 1. The molecule has 0 bridgehead atoms. The van der Waals surface area contributed by atoms with Crippen LogP contribution in [0.1, 0.15) is 44.0 Å². The van der Waals surface area contributed by atoms with Crippen molar-refractivity contribution in [3.05, 3.63) is 28.2 Å². The molecular formula is C15H20BrNO3S. The molecule has 116 valence electrons. The van der Waals surface area contributed by atoms with Crippen molar-refractivity contribution in [1.82, 2.24) is 5.32 Å². The van der Waals surface area contributed by atoms with Gasteiger partial charge in [0.1, 0.15) is 0 Å². The van der Waals surface area contributed by atoms with Crippen LogP contribution in [-0.2, 0) is 4.79 Å². The molecule has 0 aromatic heterocycles. The van der Waals surface area contributed by atoms with Crippen LogP contribution in [0.15, 0.2) is 27.6 Å². The third kappa shape index (κ3) is 5.71. The molecule has 21 heavy (non-hydrogen) atoms. The number of carboxylic acid groups (broad SMARTS) is 1. The smallest absolute Gasteiger partial charge is 0.336 e. The zero-order valence-electron chi connectivity index (χ0n) is 12.4. The summed E-state index contributed by atoms with van der Waals surface area (Å²) >= 11 is 4.56. The maximum absolute atomic E-state index is 12.1. The molecule has 4 nitrogen and oxygen atoms in total. The van der Waals surface area contributed by atoms with Gasteiger partial charge in [0.15, 0.2) is 0 Å². The van der Waals surface area contributed by atoms with Crippen molar-refractivity contribution in [1.29, 1.82) is 0 Å². The van der Waals surface area contributed by atoms with E-state index < -0.39 is 5.97 Å². The molecule has 0 aliphatic rings. The van der Waals surface area contributed by atoms with Crippen LogP contribution < -0.4 is 5.32 Å². The highest BCUT2D eigenvalue weighted by molar-refractivity contribution is 9.10. The average Bonchev–Trinajstić information content (AvgIpc) is 2.40. The van der Waals surface area contributed by atoms with Gasteiger partial charge < -0.3 is 10.4 Å². The molecular weight excluding hydrogens is 354 g/mol. The fraction of sp³-hybridized carbons (Fsp3) is 0.467. The Morgan fingerprint density at radius 3 is 2.62 bits per heavy atom. The van der Waals surface area contributed by atoms with E-state index in [0.29, 0.717) is 4.47 Å². The summed E-state index contributed by atoms with van der Waals surface area (Å²) in [5, 5.41) is 11.8. The maximum atomic E-state index is 12.1. The van der Waals surface area contributed by atoms with Gasteiger partial charge in [-0.3, -0.25) is 4.79 Å². The van der Waals surface area contributed by atoms with Gasteiger partial charge in [0.2, 0.25) is 5.91 Å². The molecule has 0 aliphatic heterocycles. The molecule has 1 rings (SSSR count). The van der Waals surface area contributed by atoms with Crippen molar-refractivity contribution in [2.45, 2.75) is 49.8 Å². The lowest BCUT2D eigenvalue weighted by molar-refractivity contribution is -0.120. The second-order valence-electron chi connectivity index (χ2n) is 4.91. The lowest BCUT2D eigenvalue weighted by atomic mass is 10.2. The van der Waals surface area contributed by atoms with Gasteiger partial charge in [-0.15, -0.1) is 11.8 Å². The van der Waals surface area contributed by atoms with Crippen LogP contribution >= 0.6 is 27.7 Å². The Hall–Kier alpha value is -1.01. The number of thioether (sulfide) groups is 1. The molecule has 1 amide bonds. The van der Waals surface area contributed by atoms with Crippen LogP contribution in [0.25, 0.3) is 0 Å². The van der Waals surface area contributed by atoms with Gasteiger partial charge in [0.05, 0.1) is 10.8 Å². The minimum atomic E-state index is -0.988. The first-order valence-electron chi connectivity index (χ1n) is 6.85. The number of carbonyl (C=O) groups excluding carboxylic acids is 1. The zero-order valence-corrected chi connectivity index (χ0v) is 14.8. The fourth-order valence-electron chi connectivity index (χ4n) is 1.86. The van der Waals surface area contributed by atoms with E-state index in [1.807, 2.05) is 13.8 Å². The number of hydrogen-bond acceptors (Lipinski definition) is 3. The van der Waals surface area contributed by atoms with E-state index in [9.17, 15) is 9.59 Å². The number of halogens is 1. The molecule has 1 aromatic carbocycles. The normalized spacial score (nSPS) is 13.5. The van der Waals surface area contributed by atoms with E-state index in [4.69, 9.17) is 5.11 Å². The minimum Gasteiger partial charge on any atom is -0.478 e. The van der Waals surface area contributed by atoms with Crippen LogP contribution in [0.4, 0.5) is 0 Å². The van der Waals surface area contributed by atoms with E-state index in [1.165, 1.54) is 11.8 Å². The Morgan fingerprint density at radius 1 is 1.38 bits per heavy atom. The number of rotatable bonds is 7. The first kappa shape index (κ1) is 18.0. The molecule has 0 heterocycles. The standard InChI is InChI=1S/C15H20BrNO3S/c1-4-5-9(2)17-14(18)10(3)21-11-6-7-13(16)12(8-11)15(19)20/h6-10H,4-5H2,1-3H3,(H,17,18)(H,19,20). The summed E-state index contributed by atoms with van der Waals surface area (Å²) in [6.45, 7) is 5.89. The highest BCUT2D eigenvalue weighted by atomic mass is 79.9. The van der Waals surface area contributed by atoms with Gasteiger partial charge in [-0.2, -0.15) is 0 Å². The van der Waals surface area contributed by atoms with Crippen molar-refractivity contribution in [3.63, 3.8) is 0 Å². The van der Waals surface area contributed by atoms with Crippen LogP contribution in [0, 0.1) is 0 Å². The molecule has 0 spiro atoms. The molecule has 0 aliphatic carbocycles. The topological polar surface area (TPSA) is 66.4 Å². The summed E-state index contributed by atoms with van der Waals surface area (Å²) in [7, 11) is 0. The predicted octanol–water partition coefficient (Wildman–Crippen LogP) is 3.93. The van der Waals surface area contributed by atoms with Crippen molar-refractivity contribution in [2.75, 3.05) is 0 Å². The Labute approximate surface area is 137 Å². The highest BCUT2D eigenvalue weighted by Crippen LogP contribution is 2.28. The number of aromatic carboxylic acids is 1. The number of carboxylic acids is 1. The molecule has 6 heteroatoms. The minimum absolute atomic E-state index is 0.0271. The Morgan fingerprint density at radius 2 is 2.05 bits per heavy atom. The summed E-state index contributed by atoms with van der Waals surface area (Å²) in [4.78, 5) is 23.9. The second kappa shape index (κ2) is 8.44. The van der Waals surface area contributed by atoms with Crippen molar-refractivity contribution in [2.24, 2.45) is 0 Å². The SMILES string of the molecule is CCCC(C)NC(=O)C(C)Sc1ccc(Br)c(C(=O)O)c1. The number of benzene rings is 1. The van der Waals surface area contributed by atoms with Crippen molar-refractivity contribution in [3.8, 4) is 0 Å². The van der Waals surface area contributed by atoms with Gasteiger partial charge in [0, 0.05) is 15.4 Å². The molecule has 0 radical (unpaired) electrons. The van der Waals surface area contributed by atoms with Crippen LogP contribution in [0.5, 0.6) is 0 Å². The number of hydrogen-bond donors (Lipinski definition) is 2. The largest absolute Gasteiger partial charge is 0.478 e. The maximum Gasteiger partial charge on any atom is 0.336 e. The van der Waals surface area contributed by atoms with Gasteiger partial charge in [0.25, 0.3) is 0 Å². The zero-order chi connectivity index (χ0) is 16.0. The molecule has 2 unspecified atom stereocenters. The second-order valence-corrected chi connectivity index (χ2v) is 7.17. The molecule has 2 atom stereocenters. The van der Waals surface area contributed by atoms with Crippen LogP contribution in [-0.4, -0.2) is 28.3 Å². The lowest BCUT2D eigenvalue weighted by Gasteiger charge is -2.17. The first-order chi connectivity index (χ1) is 9.85. The molecule has 0 saturated carbocycles. The highest BCUT2D eigenvalue weighted by Gasteiger charge is 2.17. The van der Waals surface area contributed by atoms with Gasteiger partial charge in [-0.1, -0.05) is 13.3 Å². The van der Waals surface area contributed by atoms with Crippen LogP contribution in [0.2, 0.25) is 0 Å². The summed E-state index contributed by atoms with van der Waals surface area (Å²) in [6, 6.07) is 5.23. The van der Waals surface area contributed by atoms with E-state index in [2.05, 4.69) is 28.2 Å². The quantitative estimate of drug-likeness (QED) is 0.710. The number of carbonyl (C=O) groups is 2. The van der Waals surface area contributed by atoms with Gasteiger partial charge in [-0.25, -0.2) is 4.79 Å². The van der Waals surface area contributed by atoms with E-state index in [1.54, 1.807) is 18.2 Å². The number of amides is 1. The Bertz CT molecular complexity index is 522.